The maximum absolute atomic E-state index is 11.0. The van der Waals surface area contributed by atoms with Crippen molar-refractivity contribution in [2.45, 2.75) is 13.8 Å². The van der Waals surface area contributed by atoms with Gasteiger partial charge in [0.2, 0.25) is 0 Å². The van der Waals surface area contributed by atoms with Gasteiger partial charge >= 0.3 is 5.97 Å². The lowest BCUT2D eigenvalue weighted by atomic mass is 9.99. The Kier molecular flexibility index (Phi) is 3.39. The lowest BCUT2D eigenvalue weighted by Crippen LogP contribution is -1.97. The quantitative estimate of drug-likeness (QED) is 0.873. The first-order valence-electron chi connectivity index (χ1n) is 5.59. The Morgan fingerprint density at radius 2 is 1.61 bits per heavy atom. The Labute approximate surface area is 111 Å². The molecular formula is C15H13ClO2. The van der Waals surface area contributed by atoms with Crippen molar-refractivity contribution >= 4 is 17.6 Å². The van der Waals surface area contributed by atoms with Gasteiger partial charge in [-0.25, -0.2) is 4.79 Å². The highest BCUT2D eigenvalue weighted by molar-refractivity contribution is 6.33. The molecule has 0 radical (unpaired) electrons. The number of benzene rings is 2. The SMILES string of the molecule is Cc1ccc(-c2ccc(Cl)c(C(=O)O)c2)cc1C. The van der Waals surface area contributed by atoms with Crippen LogP contribution in [0.25, 0.3) is 11.1 Å². The molecule has 2 rings (SSSR count). The minimum atomic E-state index is -1.01. The van der Waals surface area contributed by atoms with E-state index in [-0.39, 0.29) is 10.6 Å². The van der Waals surface area contributed by atoms with Gasteiger partial charge < -0.3 is 5.11 Å². The fourth-order valence-electron chi connectivity index (χ4n) is 1.79. The van der Waals surface area contributed by atoms with E-state index >= 15 is 0 Å². The van der Waals surface area contributed by atoms with E-state index < -0.39 is 5.97 Å². The molecule has 0 fully saturated rings. The molecule has 2 aromatic carbocycles. The van der Waals surface area contributed by atoms with Crippen LogP contribution in [0.2, 0.25) is 5.02 Å². The van der Waals surface area contributed by atoms with Crippen molar-refractivity contribution < 1.29 is 9.90 Å². The average Bonchev–Trinajstić information content (AvgIpc) is 2.33. The minimum Gasteiger partial charge on any atom is -0.478 e. The fourth-order valence-corrected chi connectivity index (χ4v) is 1.99. The van der Waals surface area contributed by atoms with Crippen LogP contribution in [0.1, 0.15) is 21.5 Å². The smallest absolute Gasteiger partial charge is 0.337 e. The van der Waals surface area contributed by atoms with Crippen LogP contribution in [0.15, 0.2) is 36.4 Å². The standard InChI is InChI=1S/C15H13ClO2/c1-9-3-4-11(7-10(9)2)12-5-6-14(16)13(8-12)15(17)18/h3-8H,1-2H3,(H,17,18). The molecule has 0 heterocycles. The molecule has 0 aliphatic rings. The second-order valence-electron chi connectivity index (χ2n) is 4.30. The maximum atomic E-state index is 11.0. The summed E-state index contributed by atoms with van der Waals surface area (Å²) in [5.41, 5.74) is 4.38. The Morgan fingerprint density at radius 3 is 2.22 bits per heavy atom. The van der Waals surface area contributed by atoms with Crippen molar-refractivity contribution in [3.63, 3.8) is 0 Å². The molecule has 3 heteroatoms. The number of carboxylic acids is 1. The number of carboxylic acid groups (broad SMARTS) is 1. The van der Waals surface area contributed by atoms with Gasteiger partial charge in [0, 0.05) is 0 Å². The van der Waals surface area contributed by atoms with Crippen LogP contribution in [-0.2, 0) is 0 Å². The molecule has 0 aliphatic carbocycles. The summed E-state index contributed by atoms with van der Waals surface area (Å²) < 4.78 is 0. The first-order valence-corrected chi connectivity index (χ1v) is 5.97. The summed E-state index contributed by atoms with van der Waals surface area (Å²) in [4.78, 5) is 11.0. The van der Waals surface area contributed by atoms with Crippen LogP contribution in [0.3, 0.4) is 0 Å². The van der Waals surface area contributed by atoms with Crippen molar-refractivity contribution in [1.82, 2.24) is 0 Å². The molecule has 0 bridgehead atoms. The molecule has 0 aliphatic heterocycles. The molecule has 0 spiro atoms. The average molecular weight is 261 g/mol. The number of aryl methyl sites for hydroxylation is 2. The zero-order chi connectivity index (χ0) is 13.3. The van der Waals surface area contributed by atoms with E-state index in [9.17, 15) is 4.79 Å². The van der Waals surface area contributed by atoms with Crippen LogP contribution in [0.5, 0.6) is 0 Å². The summed E-state index contributed by atoms with van der Waals surface area (Å²) >= 11 is 5.85. The number of carbonyl (C=O) groups is 1. The van der Waals surface area contributed by atoms with Crippen LogP contribution >= 0.6 is 11.6 Å². The molecular weight excluding hydrogens is 248 g/mol. The Hall–Kier alpha value is -1.80. The predicted molar refractivity (Wildman–Crippen MR) is 73.3 cm³/mol. The zero-order valence-corrected chi connectivity index (χ0v) is 11.0. The first kappa shape index (κ1) is 12.7. The highest BCUT2D eigenvalue weighted by Gasteiger charge is 2.10. The van der Waals surface area contributed by atoms with Gasteiger partial charge in [0.05, 0.1) is 10.6 Å². The summed E-state index contributed by atoms with van der Waals surface area (Å²) in [6.45, 7) is 4.08. The molecule has 92 valence electrons. The van der Waals surface area contributed by atoms with Gasteiger partial charge in [-0.1, -0.05) is 35.9 Å². The van der Waals surface area contributed by atoms with Crippen LogP contribution in [-0.4, -0.2) is 11.1 Å². The van der Waals surface area contributed by atoms with Gasteiger partial charge in [-0.05, 0) is 48.2 Å². The third-order valence-corrected chi connectivity index (χ3v) is 3.37. The second kappa shape index (κ2) is 4.83. The highest BCUT2D eigenvalue weighted by atomic mass is 35.5. The number of aromatic carboxylic acids is 1. The van der Waals surface area contributed by atoms with Gasteiger partial charge in [0.1, 0.15) is 0 Å². The summed E-state index contributed by atoms with van der Waals surface area (Å²) in [6, 6.07) is 11.1. The van der Waals surface area contributed by atoms with Crippen molar-refractivity contribution in [3.05, 3.63) is 58.1 Å². The summed E-state index contributed by atoms with van der Waals surface area (Å²) in [5, 5.41) is 9.31. The molecule has 0 unspecified atom stereocenters. The van der Waals surface area contributed by atoms with Crippen molar-refractivity contribution in [2.75, 3.05) is 0 Å². The van der Waals surface area contributed by atoms with Crippen LogP contribution in [0.4, 0.5) is 0 Å². The van der Waals surface area contributed by atoms with Crippen LogP contribution in [0, 0.1) is 13.8 Å². The van der Waals surface area contributed by atoms with E-state index in [1.807, 2.05) is 38.1 Å². The van der Waals surface area contributed by atoms with Crippen LogP contribution < -0.4 is 0 Å². The van der Waals surface area contributed by atoms with Gasteiger partial charge in [0.25, 0.3) is 0 Å². The number of halogens is 1. The molecule has 0 amide bonds. The topological polar surface area (TPSA) is 37.3 Å². The van der Waals surface area contributed by atoms with E-state index in [1.54, 1.807) is 12.1 Å². The third kappa shape index (κ3) is 2.39. The van der Waals surface area contributed by atoms with E-state index in [1.165, 1.54) is 11.1 Å². The van der Waals surface area contributed by atoms with Crippen molar-refractivity contribution in [2.24, 2.45) is 0 Å². The first-order chi connectivity index (χ1) is 8.49. The molecule has 0 aromatic heterocycles. The van der Waals surface area contributed by atoms with Gasteiger partial charge in [-0.15, -0.1) is 0 Å². The highest BCUT2D eigenvalue weighted by Crippen LogP contribution is 2.26. The largest absolute Gasteiger partial charge is 0.478 e. The van der Waals surface area contributed by atoms with E-state index in [2.05, 4.69) is 0 Å². The monoisotopic (exact) mass is 260 g/mol. The number of hydrogen-bond donors (Lipinski definition) is 1. The lowest BCUT2D eigenvalue weighted by molar-refractivity contribution is 0.0697. The number of rotatable bonds is 2. The van der Waals surface area contributed by atoms with E-state index in [0.717, 1.165) is 11.1 Å². The molecule has 1 N–H and O–H groups in total. The molecule has 18 heavy (non-hydrogen) atoms. The van der Waals surface area contributed by atoms with Crippen molar-refractivity contribution in [1.29, 1.82) is 0 Å². The Balaban J connectivity index is 2.54. The summed E-state index contributed by atoms with van der Waals surface area (Å²) in [5.74, 6) is -1.01. The number of hydrogen-bond acceptors (Lipinski definition) is 1. The Bertz CT molecular complexity index is 618. The van der Waals surface area contributed by atoms with Gasteiger partial charge in [-0.3, -0.25) is 0 Å². The summed E-state index contributed by atoms with van der Waals surface area (Å²) in [6.07, 6.45) is 0. The molecule has 2 nitrogen and oxygen atoms in total. The lowest BCUT2D eigenvalue weighted by Gasteiger charge is -2.07. The fraction of sp³-hybridized carbons (Fsp3) is 0.133. The zero-order valence-electron chi connectivity index (χ0n) is 10.2. The third-order valence-electron chi connectivity index (χ3n) is 3.04. The normalized spacial score (nSPS) is 10.4. The van der Waals surface area contributed by atoms with E-state index in [4.69, 9.17) is 16.7 Å². The van der Waals surface area contributed by atoms with Crippen molar-refractivity contribution in [3.8, 4) is 11.1 Å². The second-order valence-corrected chi connectivity index (χ2v) is 4.71. The minimum absolute atomic E-state index is 0.132. The summed E-state index contributed by atoms with van der Waals surface area (Å²) in [7, 11) is 0. The molecule has 0 atom stereocenters. The van der Waals surface area contributed by atoms with E-state index in [0.29, 0.717) is 0 Å². The molecule has 2 aromatic rings. The predicted octanol–water partition coefficient (Wildman–Crippen LogP) is 4.32. The molecule has 0 saturated carbocycles. The molecule has 0 saturated heterocycles. The van der Waals surface area contributed by atoms with Gasteiger partial charge in [0.15, 0.2) is 0 Å². The van der Waals surface area contributed by atoms with Gasteiger partial charge in [-0.2, -0.15) is 0 Å². The Morgan fingerprint density at radius 1 is 1.00 bits per heavy atom. The maximum Gasteiger partial charge on any atom is 0.337 e.